The van der Waals surface area contributed by atoms with Gasteiger partial charge < -0.3 is 14.6 Å². The van der Waals surface area contributed by atoms with Gasteiger partial charge in [0, 0.05) is 12.7 Å². The van der Waals surface area contributed by atoms with Crippen LogP contribution in [0.4, 0.5) is 0 Å². The summed E-state index contributed by atoms with van der Waals surface area (Å²) in [5, 5.41) is 10.6. The van der Waals surface area contributed by atoms with E-state index in [4.69, 9.17) is 9.47 Å². The summed E-state index contributed by atoms with van der Waals surface area (Å²) in [4.78, 5) is 11.9. The van der Waals surface area contributed by atoms with Gasteiger partial charge in [0.15, 0.2) is 12.6 Å². The molecule has 0 fully saturated rings. The molecule has 24 heavy (non-hydrogen) atoms. The number of hydrogen-bond acceptors (Lipinski definition) is 4. The van der Waals surface area contributed by atoms with Crippen LogP contribution in [-0.2, 0) is 17.6 Å². The van der Waals surface area contributed by atoms with E-state index in [1.807, 2.05) is 33.8 Å². The first kappa shape index (κ1) is 20.0. The number of phenols is 1. The fourth-order valence-corrected chi connectivity index (χ4v) is 2.30. The largest absolute Gasteiger partial charge is 0.507 e. The Morgan fingerprint density at radius 2 is 1.67 bits per heavy atom. The summed E-state index contributed by atoms with van der Waals surface area (Å²) < 4.78 is 10.8. The molecule has 0 bridgehead atoms. The lowest BCUT2D eigenvalue weighted by Crippen LogP contribution is -2.08. The van der Waals surface area contributed by atoms with E-state index in [2.05, 4.69) is 6.08 Å². The number of phenolic OH excluding ortho intramolecular Hbond substituents is 1. The van der Waals surface area contributed by atoms with Crippen LogP contribution in [0.5, 0.6) is 11.5 Å². The van der Waals surface area contributed by atoms with E-state index in [0.717, 1.165) is 11.1 Å². The monoisotopic (exact) mass is 332 g/mol. The number of benzene rings is 1. The Morgan fingerprint density at radius 1 is 1.08 bits per heavy atom. The molecule has 0 saturated carbocycles. The van der Waals surface area contributed by atoms with Crippen molar-refractivity contribution in [2.24, 2.45) is 0 Å². The van der Waals surface area contributed by atoms with Gasteiger partial charge in [-0.1, -0.05) is 23.3 Å². The quantitative estimate of drug-likeness (QED) is 0.429. The van der Waals surface area contributed by atoms with Crippen LogP contribution in [0.25, 0.3) is 0 Å². The first-order valence-corrected chi connectivity index (χ1v) is 8.05. The van der Waals surface area contributed by atoms with E-state index >= 15 is 0 Å². The number of methoxy groups -OCH3 is 1. The third-order valence-corrected chi connectivity index (χ3v) is 3.57. The number of ether oxygens (including phenoxy) is 2. The van der Waals surface area contributed by atoms with Crippen molar-refractivity contribution < 1.29 is 19.4 Å². The Hall–Kier alpha value is -2.07. The van der Waals surface area contributed by atoms with Gasteiger partial charge in [0.25, 0.3) is 0 Å². The molecule has 0 saturated heterocycles. The number of ketones is 1. The molecule has 0 heterocycles. The SMILES string of the molecule is COCOc1c(CC=C(C)C)cc(C(C)=O)c(O)c1CC=C(C)C. The molecule has 0 amide bonds. The molecule has 0 aliphatic rings. The summed E-state index contributed by atoms with van der Waals surface area (Å²) in [7, 11) is 1.55. The third kappa shape index (κ3) is 5.53. The maximum atomic E-state index is 11.9. The predicted molar refractivity (Wildman–Crippen MR) is 96.9 cm³/mol. The summed E-state index contributed by atoms with van der Waals surface area (Å²) in [5.41, 5.74) is 4.13. The number of aromatic hydroxyl groups is 1. The van der Waals surface area contributed by atoms with Crippen molar-refractivity contribution in [1.29, 1.82) is 0 Å². The summed E-state index contributed by atoms with van der Waals surface area (Å²) in [6.07, 6.45) is 5.20. The van der Waals surface area contributed by atoms with Crippen molar-refractivity contribution in [3.63, 3.8) is 0 Å². The van der Waals surface area contributed by atoms with E-state index in [-0.39, 0.29) is 18.3 Å². The van der Waals surface area contributed by atoms with Gasteiger partial charge in [-0.05, 0) is 59.1 Å². The summed E-state index contributed by atoms with van der Waals surface area (Å²) in [6, 6.07) is 1.72. The number of Topliss-reactive ketones (excluding diaryl/α,β-unsaturated/α-hetero) is 1. The minimum absolute atomic E-state index is 0.00736. The van der Waals surface area contributed by atoms with Crippen molar-refractivity contribution in [2.75, 3.05) is 13.9 Å². The van der Waals surface area contributed by atoms with Gasteiger partial charge in [0.05, 0.1) is 5.56 Å². The van der Waals surface area contributed by atoms with E-state index < -0.39 is 0 Å². The van der Waals surface area contributed by atoms with Crippen LogP contribution in [-0.4, -0.2) is 24.8 Å². The second-order valence-electron chi connectivity index (χ2n) is 6.32. The maximum absolute atomic E-state index is 11.9. The van der Waals surface area contributed by atoms with Gasteiger partial charge in [0.1, 0.15) is 11.5 Å². The second-order valence-corrected chi connectivity index (χ2v) is 6.32. The third-order valence-electron chi connectivity index (χ3n) is 3.57. The summed E-state index contributed by atoms with van der Waals surface area (Å²) in [5.74, 6) is 0.420. The first-order valence-electron chi connectivity index (χ1n) is 8.05. The zero-order chi connectivity index (χ0) is 18.3. The van der Waals surface area contributed by atoms with Crippen molar-refractivity contribution in [3.8, 4) is 11.5 Å². The molecule has 1 aromatic carbocycles. The zero-order valence-corrected chi connectivity index (χ0v) is 15.5. The molecule has 1 N–H and O–H groups in total. The lowest BCUT2D eigenvalue weighted by atomic mass is 9.95. The Morgan fingerprint density at radius 3 is 2.17 bits per heavy atom. The van der Waals surface area contributed by atoms with Crippen molar-refractivity contribution >= 4 is 5.78 Å². The average molecular weight is 332 g/mol. The fraction of sp³-hybridized carbons (Fsp3) is 0.450. The van der Waals surface area contributed by atoms with Crippen LogP contribution in [0.15, 0.2) is 29.4 Å². The molecule has 1 rings (SSSR count). The molecule has 0 radical (unpaired) electrons. The minimum atomic E-state index is -0.164. The zero-order valence-electron chi connectivity index (χ0n) is 15.5. The van der Waals surface area contributed by atoms with E-state index in [9.17, 15) is 9.90 Å². The Kier molecular flexibility index (Phi) is 7.72. The highest BCUT2D eigenvalue weighted by molar-refractivity contribution is 5.98. The van der Waals surface area contributed by atoms with Crippen molar-refractivity contribution in [2.45, 2.75) is 47.5 Å². The van der Waals surface area contributed by atoms with Crippen LogP contribution >= 0.6 is 0 Å². The summed E-state index contributed by atoms with van der Waals surface area (Å²) >= 11 is 0. The normalized spacial score (nSPS) is 10.2. The van der Waals surface area contributed by atoms with Crippen LogP contribution < -0.4 is 4.74 Å². The molecule has 132 valence electrons. The molecule has 4 nitrogen and oxygen atoms in total. The Bertz CT molecular complexity index is 646. The molecule has 0 atom stereocenters. The van der Waals surface area contributed by atoms with Crippen LogP contribution in [0.1, 0.15) is 56.1 Å². The first-order chi connectivity index (χ1) is 11.3. The van der Waals surface area contributed by atoms with E-state index in [0.29, 0.717) is 29.7 Å². The number of carbonyl (C=O) groups excluding carboxylic acids is 1. The lowest BCUT2D eigenvalue weighted by Gasteiger charge is -2.18. The highest BCUT2D eigenvalue weighted by atomic mass is 16.7. The molecule has 0 aliphatic heterocycles. The van der Waals surface area contributed by atoms with Gasteiger partial charge in [-0.3, -0.25) is 4.79 Å². The highest BCUT2D eigenvalue weighted by Crippen LogP contribution is 2.37. The van der Waals surface area contributed by atoms with Gasteiger partial charge >= 0.3 is 0 Å². The van der Waals surface area contributed by atoms with Gasteiger partial charge in [-0.2, -0.15) is 0 Å². The molecule has 0 aromatic heterocycles. The second kappa shape index (κ2) is 9.28. The molecule has 0 spiro atoms. The summed E-state index contributed by atoms with van der Waals surface area (Å²) in [6.45, 7) is 9.57. The van der Waals surface area contributed by atoms with Crippen LogP contribution in [0.3, 0.4) is 0 Å². The highest BCUT2D eigenvalue weighted by Gasteiger charge is 2.20. The average Bonchev–Trinajstić information content (AvgIpc) is 2.49. The standard InChI is InChI=1S/C20H28O4/c1-13(2)7-9-16-11-18(15(5)21)19(22)17(10-8-14(3)4)20(16)24-12-23-6/h7-8,11,22H,9-10,12H2,1-6H3. The van der Waals surface area contributed by atoms with Crippen molar-refractivity contribution in [1.82, 2.24) is 0 Å². The van der Waals surface area contributed by atoms with Crippen LogP contribution in [0.2, 0.25) is 0 Å². The van der Waals surface area contributed by atoms with Crippen LogP contribution in [0, 0.1) is 0 Å². The molecule has 4 heteroatoms. The Labute approximate surface area is 144 Å². The number of hydrogen-bond donors (Lipinski definition) is 1. The lowest BCUT2D eigenvalue weighted by molar-refractivity contribution is 0.0497. The molecular formula is C20H28O4. The van der Waals surface area contributed by atoms with E-state index in [1.54, 1.807) is 13.2 Å². The predicted octanol–water partition coefficient (Wildman–Crippen LogP) is 4.59. The smallest absolute Gasteiger partial charge is 0.188 e. The van der Waals surface area contributed by atoms with E-state index in [1.165, 1.54) is 12.5 Å². The van der Waals surface area contributed by atoms with Gasteiger partial charge in [-0.15, -0.1) is 0 Å². The fourth-order valence-electron chi connectivity index (χ4n) is 2.30. The molecule has 0 aliphatic carbocycles. The topological polar surface area (TPSA) is 55.8 Å². The molecule has 0 unspecified atom stereocenters. The van der Waals surface area contributed by atoms with Gasteiger partial charge in [0.2, 0.25) is 0 Å². The minimum Gasteiger partial charge on any atom is -0.507 e. The Balaban J connectivity index is 3.54. The maximum Gasteiger partial charge on any atom is 0.188 e. The molecular weight excluding hydrogens is 304 g/mol. The number of allylic oxidation sites excluding steroid dienone is 4. The number of rotatable bonds is 8. The molecule has 1 aromatic rings. The van der Waals surface area contributed by atoms with Crippen molar-refractivity contribution in [3.05, 3.63) is 46.1 Å². The number of carbonyl (C=O) groups is 1. The van der Waals surface area contributed by atoms with Gasteiger partial charge in [-0.25, -0.2) is 0 Å².